The van der Waals surface area contributed by atoms with Gasteiger partial charge in [0.1, 0.15) is 10.0 Å². The van der Waals surface area contributed by atoms with Gasteiger partial charge in [0, 0.05) is 4.90 Å². The Hall–Kier alpha value is -1.82. The van der Waals surface area contributed by atoms with E-state index in [1.165, 1.54) is 29.6 Å². The van der Waals surface area contributed by atoms with Crippen LogP contribution in [0.1, 0.15) is 63.4 Å². The zero-order chi connectivity index (χ0) is 26.5. The molecule has 0 aliphatic heterocycles. The van der Waals surface area contributed by atoms with Crippen LogP contribution in [-0.4, -0.2) is 8.42 Å². The molecule has 1 aliphatic rings. The smallest absolute Gasteiger partial charge is 0.672 e. The summed E-state index contributed by atoms with van der Waals surface area (Å²) >= 11 is 0. The van der Waals surface area contributed by atoms with Gasteiger partial charge in [-0.25, -0.2) is 8.42 Å². The van der Waals surface area contributed by atoms with E-state index in [4.69, 9.17) is 5.73 Å². The molecule has 0 amide bonds. The zero-order valence-corrected chi connectivity index (χ0v) is 25.5. The summed E-state index contributed by atoms with van der Waals surface area (Å²) in [5.41, 5.74) is 11.0. The Labute approximate surface area is 237 Å². The SMILES string of the molecule is C[C]1[C](C)[C](C)[C](C)[C]1C.Cc1ccc(S(=O)(=O)[N-][C@H](c2ccccc2)[C@H]([NH-])c2ccccc2)cc1.[Ir+3]. The van der Waals surface area contributed by atoms with Gasteiger partial charge in [-0.3, -0.25) is 0 Å². The quantitative estimate of drug-likeness (QED) is 0.260. The molecule has 3 aromatic carbocycles. The minimum Gasteiger partial charge on any atom is -0.672 e. The summed E-state index contributed by atoms with van der Waals surface area (Å²) in [6.45, 7) is 12.9. The van der Waals surface area contributed by atoms with Gasteiger partial charge in [0.2, 0.25) is 0 Å². The third-order valence-corrected chi connectivity index (χ3v) is 8.37. The monoisotopic (exact) mass is 692 g/mol. The van der Waals surface area contributed by atoms with E-state index in [0.717, 1.165) is 11.1 Å². The van der Waals surface area contributed by atoms with Crippen molar-refractivity contribution in [1.29, 1.82) is 0 Å². The standard InChI is InChI=1S/C21H20N2O2S.C10H15.Ir/c1-16-12-14-19(15-13-16)26(24,25)23-21(18-10-6-3-7-11-18)20(22)17-8-4-2-5-9-17;1-6-7(2)9(4)10(5)8(6)3;/h2-15,20-22H,1H3;1-5H3;/q-2;;+3/t20-,21-;;/m1../s1. The number of sulfonamides is 1. The topological polar surface area (TPSA) is 72.0 Å². The first-order valence-electron chi connectivity index (χ1n) is 12.1. The molecule has 2 atom stereocenters. The number of benzene rings is 3. The Morgan fingerprint density at radius 1 is 0.595 bits per heavy atom. The molecule has 0 saturated heterocycles. The molecule has 5 radical (unpaired) electrons. The van der Waals surface area contributed by atoms with Crippen LogP contribution in [0.3, 0.4) is 0 Å². The third-order valence-electron chi connectivity index (χ3n) is 7.00. The number of hydrogen-bond acceptors (Lipinski definition) is 2. The van der Waals surface area contributed by atoms with Crippen molar-refractivity contribution in [2.75, 3.05) is 0 Å². The Morgan fingerprint density at radius 3 is 1.38 bits per heavy atom. The van der Waals surface area contributed by atoms with Crippen molar-refractivity contribution in [3.63, 3.8) is 0 Å². The van der Waals surface area contributed by atoms with Crippen LogP contribution in [0.5, 0.6) is 0 Å². The van der Waals surface area contributed by atoms with Crippen LogP contribution in [0.2, 0.25) is 0 Å². The molecule has 6 heteroatoms. The molecule has 1 saturated carbocycles. The van der Waals surface area contributed by atoms with E-state index in [-0.39, 0.29) is 25.0 Å². The van der Waals surface area contributed by atoms with E-state index >= 15 is 0 Å². The first kappa shape index (κ1) is 31.4. The average molecular weight is 692 g/mol. The van der Waals surface area contributed by atoms with Gasteiger partial charge in [0.15, 0.2) is 0 Å². The van der Waals surface area contributed by atoms with Crippen molar-refractivity contribution in [3.05, 3.63) is 142 Å². The predicted molar refractivity (Wildman–Crippen MR) is 149 cm³/mol. The Balaban J connectivity index is 0.000000369. The van der Waals surface area contributed by atoms with Crippen LogP contribution >= 0.6 is 0 Å². The van der Waals surface area contributed by atoms with Gasteiger partial charge in [-0.05, 0) is 48.6 Å². The van der Waals surface area contributed by atoms with Gasteiger partial charge in [-0.2, -0.15) is 0 Å². The van der Waals surface area contributed by atoms with Gasteiger partial charge in [-0.1, -0.05) is 124 Å². The van der Waals surface area contributed by atoms with Crippen LogP contribution in [0, 0.1) is 36.5 Å². The fourth-order valence-corrected chi connectivity index (χ4v) is 5.28. The molecule has 0 heterocycles. The molecular weight excluding hydrogens is 657 g/mol. The number of nitrogens with one attached hydrogen (secondary N) is 1. The number of aryl methyl sites for hydroxylation is 1. The molecule has 0 aromatic heterocycles. The van der Waals surface area contributed by atoms with E-state index in [1.807, 2.05) is 67.6 Å². The minimum absolute atomic E-state index is 0. The largest absolute Gasteiger partial charge is 3.00 e. The molecule has 1 fully saturated rings. The van der Waals surface area contributed by atoms with Gasteiger partial charge in [0.25, 0.3) is 0 Å². The summed E-state index contributed by atoms with van der Waals surface area (Å²) in [5.74, 6) is 7.34. The van der Waals surface area contributed by atoms with Crippen molar-refractivity contribution in [1.82, 2.24) is 0 Å². The van der Waals surface area contributed by atoms with E-state index in [2.05, 4.69) is 39.3 Å². The summed E-state index contributed by atoms with van der Waals surface area (Å²) in [6, 6.07) is 23.3. The normalized spacial score (nSPS) is 17.5. The van der Waals surface area contributed by atoms with E-state index < -0.39 is 22.1 Å². The molecule has 1 aliphatic carbocycles. The molecular formula is C31H35IrN2O2S+. The van der Waals surface area contributed by atoms with Crippen molar-refractivity contribution in [2.45, 2.75) is 58.5 Å². The van der Waals surface area contributed by atoms with Crippen molar-refractivity contribution in [2.24, 2.45) is 0 Å². The molecule has 37 heavy (non-hydrogen) atoms. The summed E-state index contributed by atoms with van der Waals surface area (Å²) in [5, 5.41) is 0. The van der Waals surface area contributed by atoms with Gasteiger partial charge in [-0.15, -0.1) is 12.1 Å². The second-order valence-corrected chi connectivity index (χ2v) is 10.9. The van der Waals surface area contributed by atoms with Crippen LogP contribution in [0.25, 0.3) is 10.5 Å². The van der Waals surface area contributed by atoms with Gasteiger partial charge >= 0.3 is 20.1 Å². The number of hydrogen-bond donors (Lipinski definition) is 0. The van der Waals surface area contributed by atoms with E-state index in [9.17, 15) is 8.42 Å². The summed E-state index contributed by atoms with van der Waals surface area (Å²) in [4.78, 5) is 0.143. The van der Waals surface area contributed by atoms with Crippen LogP contribution in [0.4, 0.5) is 0 Å². The Kier molecular flexibility index (Phi) is 11.7. The fraction of sp³-hybridized carbons (Fsp3) is 0.258. The van der Waals surface area contributed by atoms with Crippen LogP contribution < -0.4 is 0 Å². The molecule has 3 aromatic rings. The molecule has 195 valence electrons. The molecule has 1 N–H and O–H groups in total. The van der Waals surface area contributed by atoms with Crippen molar-refractivity contribution < 1.29 is 28.5 Å². The minimum atomic E-state index is -3.87. The average Bonchev–Trinajstić information content (AvgIpc) is 3.06. The maximum absolute atomic E-state index is 12.8. The van der Waals surface area contributed by atoms with Crippen molar-refractivity contribution >= 4 is 10.0 Å². The van der Waals surface area contributed by atoms with E-state index in [0.29, 0.717) is 5.56 Å². The Morgan fingerprint density at radius 2 is 0.973 bits per heavy atom. The molecule has 0 spiro atoms. The van der Waals surface area contributed by atoms with Gasteiger partial charge < -0.3 is 10.5 Å². The summed E-state index contributed by atoms with van der Waals surface area (Å²) in [7, 11) is -3.87. The zero-order valence-electron chi connectivity index (χ0n) is 22.2. The molecule has 0 bridgehead atoms. The second-order valence-electron chi connectivity index (χ2n) is 9.26. The number of nitrogens with zero attached hydrogens (tertiary/aromatic N) is 1. The third kappa shape index (κ3) is 7.84. The maximum Gasteiger partial charge on any atom is 3.00 e. The molecule has 4 rings (SSSR count). The Bertz CT molecular complexity index is 1140. The van der Waals surface area contributed by atoms with E-state index in [1.54, 1.807) is 24.3 Å². The first-order valence-corrected chi connectivity index (χ1v) is 13.5. The predicted octanol–water partition coefficient (Wildman–Crippen LogP) is 8.56. The van der Waals surface area contributed by atoms with Gasteiger partial charge in [0.05, 0.1) is 0 Å². The first-order chi connectivity index (χ1) is 17.0. The number of rotatable bonds is 6. The molecule has 4 nitrogen and oxygen atoms in total. The van der Waals surface area contributed by atoms with Crippen LogP contribution in [-0.2, 0) is 30.1 Å². The second kappa shape index (κ2) is 13.8. The fourth-order valence-electron chi connectivity index (χ4n) is 4.13. The summed E-state index contributed by atoms with van der Waals surface area (Å²) < 4.78 is 29.8. The van der Waals surface area contributed by atoms with Crippen molar-refractivity contribution in [3.8, 4) is 0 Å². The van der Waals surface area contributed by atoms with Crippen LogP contribution in [0.15, 0.2) is 89.8 Å². The summed E-state index contributed by atoms with van der Waals surface area (Å²) in [6.07, 6.45) is 0. The molecule has 0 unspecified atom stereocenters. The maximum atomic E-state index is 12.8.